The standard InChI is InChI=1S/C14H18N4/c1-14(2)10-15-7-8-18(14)13-16-9-11-5-3-4-6-12(11)17-13/h3-6,9,15H,7-8,10H2,1-2H3. The van der Waals surface area contributed by atoms with E-state index in [-0.39, 0.29) is 5.54 Å². The van der Waals surface area contributed by atoms with Crippen LogP contribution in [0.4, 0.5) is 5.95 Å². The van der Waals surface area contributed by atoms with Crippen LogP contribution in [0.15, 0.2) is 30.5 Å². The minimum Gasteiger partial charge on any atom is -0.333 e. The maximum Gasteiger partial charge on any atom is 0.226 e. The molecule has 2 heterocycles. The molecule has 0 unspecified atom stereocenters. The maximum absolute atomic E-state index is 4.68. The third-order valence-corrected chi connectivity index (χ3v) is 3.52. The zero-order valence-corrected chi connectivity index (χ0v) is 10.8. The van der Waals surface area contributed by atoms with E-state index >= 15 is 0 Å². The molecule has 4 heteroatoms. The Balaban J connectivity index is 2.03. The van der Waals surface area contributed by atoms with Gasteiger partial charge in [0.25, 0.3) is 0 Å². The van der Waals surface area contributed by atoms with Crippen LogP contribution in [-0.4, -0.2) is 35.1 Å². The highest BCUT2D eigenvalue weighted by atomic mass is 15.3. The van der Waals surface area contributed by atoms with Crippen LogP contribution in [0.3, 0.4) is 0 Å². The molecule has 1 aromatic carbocycles. The average molecular weight is 242 g/mol. The van der Waals surface area contributed by atoms with Crippen LogP contribution in [0, 0.1) is 0 Å². The molecule has 4 nitrogen and oxygen atoms in total. The van der Waals surface area contributed by atoms with Gasteiger partial charge in [0, 0.05) is 36.8 Å². The summed E-state index contributed by atoms with van der Waals surface area (Å²) in [6.45, 7) is 7.34. The van der Waals surface area contributed by atoms with Gasteiger partial charge in [0.2, 0.25) is 5.95 Å². The van der Waals surface area contributed by atoms with Crippen molar-refractivity contribution in [2.45, 2.75) is 19.4 Å². The van der Waals surface area contributed by atoms with Crippen molar-refractivity contribution in [3.05, 3.63) is 30.5 Å². The zero-order chi connectivity index (χ0) is 12.6. The van der Waals surface area contributed by atoms with Crippen LogP contribution >= 0.6 is 0 Å². The van der Waals surface area contributed by atoms with Crippen LogP contribution in [0.5, 0.6) is 0 Å². The lowest BCUT2D eigenvalue weighted by Gasteiger charge is -2.42. The van der Waals surface area contributed by atoms with E-state index in [9.17, 15) is 0 Å². The monoisotopic (exact) mass is 242 g/mol. The molecule has 1 aliphatic heterocycles. The van der Waals surface area contributed by atoms with Gasteiger partial charge in [-0.05, 0) is 19.9 Å². The first kappa shape index (κ1) is 11.4. The molecule has 1 N–H and O–H groups in total. The SMILES string of the molecule is CC1(C)CNCCN1c1ncc2ccccc2n1. The Hall–Kier alpha value is -1.68. The number of fused-ring (bicyclic) bond motifs is 1. The molecule has 0 bridgehead atoms. The predicted molar refractivity (Wildman–Crippen MR) is 73.8 cm³/mol. The predicted octanol–water partition coefficient (Wildman–Crippen LogP) is 1.82. The molecule has 1 aliphatic rings. The van der Waals surface area contributed by atoms with Crippen LogP contribution in [0.2, 0.25) is 0 Å². The van der Waals surface area contributed by atoms with Crippen LogP contribution in [-0.2, 0) is 0 Å². The normalized spacial score (nSPS) is 19.1. The molecule has 0 radical (unpaired) electrons. The molecule has 1 aromatic heterocycles. The second-order valence-corrected chi connectivity index (χ2v) is 5.37. The number of benzene rings is 1. The smallest absolute Gasteiger partial charge is 0.226 e. The van der Waals surface area contributed by atoms with E-state index in [1.54, 1.807) is 0 Å². The van der Waals surface area contributed by atoms with E-state index in [4.69, 9.17) is 0 Å². The van der Waals surface area contributed by atoms with E-state index in [0.717, 1.165) is 36.5 Å². The lowest BCUT2D eigenvalue weighted by Crippen LogP contribution is -2.58. The van der Waals surface area contributed by atoms with Gasteiger partial charge in [-0.25, -0.2) is 9.97 Å². The summed E-state index contributed by atoms with van der Waals surface area (Å²) in [7, 11) is 0. The van der Waals surface area contributed by atoms with Crippen LogP contribution < -0.4 is 10.2 Å². The quantitative estimate of drug-likeness (QED) is 0.828. The molecule has 94 valence electrons. The summed E-state index contributed by atoms with van der Waals surface area (Å²) in [5, 5.41) is 4.51. The second kappa shape index (κ2) is 4.21. The van der Waals surface area contributed by atoms with Crippen LogP contribution in [0.1, 0.15) is 13.8 Å². The molecule has 2 aromatic rings. The minimum absolute atomic E-state index is 0.0563. The molecule has 1 fully saturated rings. The van der Waals surface area contributed by atoms with Gasteiger partial charge in [-0.2, -0.15) is 0 Å². The number of piperazine rings is 1. The van der Waals surface area contributed by atoms with Gasteiger partial charge >= 0.3 is 0 Å². The molecular weight excluding hydrogens is 224 g/mol. The third kappa shape index (κ3) is 1.93. The minimum atomic E-state index is 0.0563. The molecule has 0 spiro atoms. The Morgan fingerprint density at radius 3 is 2.94 bits per heavy atom. The van der Waals surface area contributed by atoms with Crippen LogP contribution in [0.25, 0.3) is 10.9 Å². The number of nitrogens with zero attached hydrogens (tertiary/aromatic N) is 3. The van der Waals surface area contributed by atoms with E-state index < -0.39 is 0 Å². The van der Waals surface area contributed by atoms with Gasteiger partial charge in [-0.3, -0.25) is 0 Å². The number of anilines is 1. The Kier molecular flexibility index (Phi) is 2.67. The van der Waals surface area contributed by atoms with Gasteiger partial charge in [0.05, 0.1) is 5.52 Å². The summed E-state index contributed by atoms with van der Waals surface area (Å²) in [6.07, 6.45) is 1.91. The molecular formula is C14H18N4. The molecule has 0 aliphatic carbocycles. The van der Waals surface area contributed by atoms with Crippen molar-refractivity contribution in [2.24, 2.45) is 0 Å². The Labute approximate surface area is 107 Å². The van der Waals surface area contributed by atoms with E-state index in [1.807, 2.05) is 30.5 Å². The number of aromatic nitrogens is 2. The molecule has 0 amide bonds. The molecule has 0 saturated carbocycles. The third-order valence-electron chi connectivity index (χ3n) is 3.52. The zero-order valence-electron chi connectivity index (χ0n) is 10.8. The average Bonchev–Trinajstić information content (AvgIpc) is 2.38. The Bertz CT molecular complexity index is 564. The highest BCUT2D eigenvalue weighted by Gasteiger charge is 2.31. The van der Waals surface area contributed by atoms with Crippen molar-refractivity contribution in [3.63, 3.8) is 0 Å². The van der Waals surface area contributed by atoms with Gasteiger partial charge < -0.3 is 10.2 Å². The second-order valence-electron chi connectivity index (χ2n) is 5.37. The molecule has 18 heavy (non-hydrogen) atoms. The first-order valence-corrected chi connectivity index (χ1v) is 6.37. The van der Waals surface area contributed by atoms with E-state index in [2.05, 4.69) is 34.0 Å². The first-order chi connectivity index (χ1) is 8.67. The lowest BCUT2D eigenvalue weighted by atomic mass is 10.0. The first-order valence-electron chi connectivity index (χ1n) is 6.37. The summed E-state index contributed by atoms with van der Waals surface area (Å²) in [5.74, 6) is 0.834. The fraction of sp³-hybridized carbons (Fsp3) is 0.429. The summed E-state index contributed by atoms with van der Waals surface area (Å²) >= 11 is 0. The van der Waals surface area contributed by atoms with Crippen molar-refractivity contribution in [3.8, 4) is 0 Å². The van der Waals surface area contributed by atoms with E-state index in [0.29, 0.717) is 0 Å². The highest BCUT2D eigenvalue weighted by Crippen LogP contribution is 2.23. The van der Waals surface area contributed by atoms with Crippen molar-refractivity contribution < 1.29 is 0 Å². The molecule has 0 atom stereocenters. The largest absolute Gasteiger partial charge is 0.333 e. The van der Waals surface area contributed by atoms with Crippen molar-refractivity contribution in [1.82, 2.24) is 15.3 Å². The highest BCUT2D eigenvalue weighted by molar-refractivity contribution is 5.78. The van der Waals surface area contributed by atoms with E-state index in [1.165, 1.54) is 0 Å². The topological polar surface area (TPSA) is 41.0 Å². The van der Waals surface area contributed by atoms with Crippen molar-refractivity contribution >= 4 is 16.9 Å². The fourth-order valence-electron chi connectivity index (χ4n) is 2.45. The number of rotatable bonds is 1. The van der Waals surface area contributed by atoms with Crippen molar-refractivity contribution in [2.75, 3.05) is 24.5 Å². The van der Waals surface area contributed by atoms with Gasteiger partial charge in [-0.1, -0.05) is 18.2 Å². The number of para-hydroxylation sites is 1. The fourth-order valence-corrected chi connectivity index (χ4v) is 2.45. The van der Waals surface area contributed by atoms with Gasteiger partial charge in [0.15, 0.2) is 0 Å². The number of nitrogens with one attached hydrogen (secondary N) is 1. The lowest BCUT2D eigenvalue weighted by molar-refractivity contribution is 0.375. The molecule has 3 rings (SSSR count). The summed E-state index contributed by atoms with van der Waals surface area (Å²) < 4.78 is 0. The summed E-state index contributed by atoms with van der Waals surface area (Å²) in [5.41, 5.74) is 1.07. The van der Waals surface area contributed by atoms with Gasteiger partial charge in [0.1, 0.15) is 0 Å². The van der Waals surface area contributed by atoms with Crippen molar-refractivity contribution in [1.29, 1.82) is 0 Å². The Morgan fingerprint density at radius 1 is 1.28 bits per heavy atom. The number of hydrogen-bond donors (Lipinski definition) is 1. The molecule has 1 saturated heterocycles. The summed E-state index contributed by atoms with van der Waals surface area (Å²) in [4.78, 5) is 11.5. The number of hydrogen-bond acceptors (Lipinski definition) is 4. The summed E-state index contributed by atoms with van der Waals surface area (Å²) in [6, 6.07) is 8.11. The Morgan fingerprint density at radius 2 is 2.11 bits per heavy atom. The maximum atomic E-state index is 4.68. The van der Waals surface area contributed by atoms with Gasteiger partial charge in [-0.15, -0.1) is 0 Å².